The fourth-order valence-corrected chi connectivity index (χ4v) is 3.63. The van der Waals surface area contributed by atoms with Crippen molar-refractivity contribution in [3.63, 3.8) is 0 Å². The Bertz CT molecular complexity index is 731. The Balaban J connectivity index is 1.91. The first-order valence-electron chi connectivity index (χ1n) is 9.31. The van der Waals surface area contributed by atoms with E-state index in [0.29, 0.717) is 11.0 Å². The molecular weight excluding hydrogens is 368 g/mol. The summed E-state index contributed by atoms with van der Waals surface area (Å²) in [4.78, 5) is 34.4. The molecule has 2 heterocycles. The van der Waals surface area contributed by atoms with Crippen LogP contribution in [-0.2, 0) is 14.3 Å². The molecule has 0 aromatic heterocycles. The molecule has 1 aromatic carbocycles. The van der Waals surface area contributed by atoms with E-state index in [0.717, 1.165) is 38.3 Å². The average Bonchev–Trinajstić information content (AvgIpc) is 2.67. The zero-order valence-electron chi connectivity index (χ0n) is 15.7. The lowest BCUT2D eigenvalue weighted by molar-refractivity contribution is -0.153. The highest BCUT2D eigenvalue weighted by Gasteiger charge is 2.42. The molecule has 2 aliphatic rings. The molecule has 27 heavy (non-hydrogen) atoms. The summed E-state index contributed by atoms with van der Waals surface area (Å²) in [5.74, 6) is -1.47. The normalized spacial score (nSPS) is 23.6. The number of likely N-dealkylation sites (N-methyl/N-ethyl adjacent to an activating group) is 1. The Kier molecular flexibility index (Phi) is 6.34. The van der Waals surface area contributed by atoms with Crippen LogP contribution in [0.25, 0.3) is 0 Å². The summed E-state index contributed by atoms with van der Waals surface area (Å²) in [6.07, 6.45) is 0. The summed E-state index contributed by atoms with van der Waals surface area (Å²) < 4.78 is 5.12. The van der Waals surface area contributed by atoms with Gasteiger partial charge >= 0.3 is 5.97 Å². The fraction of sp³-hybridized carbons (Fsp3) is 0.526. The van der Waals surface area contributed by atoms with Crippen LogP contribution in [0.1, 0.15) is 25.5 Å². The van der Waals surface area contributed by atoms with Crippen LogP contribution in [0, 0.1) is 5.92 Å². The standard InChI is InChI=1S/C19H25ClN4O3/c1-3-23-8-10-24(11-9-23)19-21-16(13-6-5-7-14(20)12-13)15(17(25)22-19)18(26)27-4-2/h5-7,12,15-16H,3-4,8-11H2,1-2H3,(H,21,22,25). The smallest absolute Gasteiger partial charge is 0.321 e. The molecule has 146 valence electrons. The first-order valence-corrected chi connectivity index (χ1v) is 9.69. The van der Waals surface area contributed by atoms with Crippen molar-refractivity contribution in [3.8, 4) is 0 Å². The first kappa shape index (κ1) is 19.6. The van der Waals surface area contributed by atoms with Gasteiger partial charge in [0, 0.05) is 31.2 Å². The van der Waals surface area contributed by atoms with Gasteiger partial charge in [0.1, 0.15) is 6.04 Å². The van der Waals surface area contributed by atoms with Crippen molar-refractivity contribution >= 4 is 29.4 Å². The van der Waals surface area contributed by atoms with E-state index in [1.807, 2.05) is 6.07 Å². The van der Waals surface area contributed by atoms with E-state index in [4.69, 9.17) is 21.3 Å². The number of aliphatic imine (C=N–C) groups is 1. The van der Waals surface area contributed by atoms with E-state index in [1.54, 1.807) is 25.1 Å². The summed E-state index contributed by atoms with van der Waals surface area (Å²) >= 11 is 6.12. The van der Waals surface area contributed by atoms with Gasteiger partial charge in [0.05, 0.1) is 6.61 Å². The van der Waals surface area contributed by atoms with E-state index in [2.05, 4.69) is 22.0 Å². The molecule has 0 aliphatic carbocycles. The van der Waals surface area contributed by atoms with Gasteiger partial charge in [-0.15, -0.1) is 0 Å². The zero-order valence-corrected chi connectivity index (χ0v) is 16.4. The van der Waals surface area contributed by atoms with E-state index >= 15 is 0 Å². The molecule has 0 spiro atoms. The Morgan fingerprint density at radius 3 is 2.67 bits per heavy atom. The SMILES string of the molecule is CCOC(=O)C1C(=O)NC(N2CCN(CC)CC2)=NC1c1cccc(Cl)c1. The molecule has 1 N–H and O–H groups in total. The quantitative estimate of drug-likeness (QED) is 0.623. The number of hydrogen-bond acceptors (Lipinski definition) is 6. The maximum atomic E-state index is 12.8. The second-order valence-corrected chi connectivity index (χ2v) is 7.03. The van der Waals surface area contributed by atoms with Gasteiger partial charge in [0.2, 0.25) is 11.9 Å². The molecule has 2 unspecified atom stereocenters. The van der Waals surface area contributed by atoms with Gasteiger partial charge in [-0.2, -0.15) is 0 Å². The summed E-state index contributed by atoms with van der Waals surface area (Å²) in [7, 11) is 0. The van der Waals surface area contributed by atoms with Crippen LogP contribution in [0.2, 0.25) is 5.02 Å². The second-order valence-electron chi connectivity index (χ2n) is 6.59. The lowest BCUT2D eigenvalue weighted by Gasteiger charge is -2.38. The Labute approximate surface area is 164 Å². The number of amides is 1. The molecule has 1 saturated heterocycles. The van der Waals surface area contributed by atoms with Crippen LogP contribution in [0.4, 0.5) is 0 Å². The third kappa shape index (κ3) is 4.42. The number of hydrogen-bond donors (Lipinski definition) is 1. The van der Waals surface area contributed by atoms with E-state index in [-0.39, 0.29) is 12.5 Å². The minimum absolute atomic E-state index is 0.209. The molecular formula is C19H25ClN4O3. The van der Waals surface area contributed by atoms with Gasteiger partial charge in [-0.25, -0.2) is 4.99 Å². The molecule has 3 rings (SSSR count). The lowest BCUT2D eigenvalue weighted by Crippen LogP contribution is -2.57. The molecule has 7 nitrogen and oxygen atoms in total. The van der Waals surface area contributed by atoms with Crippen LogP contribution < -0.4 is 5.32 Å². The number of ether oxygens (including phenoxy) is 1. The third-order valence-electron chi connectivity index (χ3n) is 4.94. The average molecular weight is 393 g/mol. The number of benzene rings is 1. The van der Waals surface area contributed by atoms with Crippen LogP contribution in [0.3, 0.4) is 0 Å². The van der Waals surface area contributed by atoms with Crippen LogP contribution in [0.15, 0.2) is 29.3 Å². The van der Waals surface area contributed by atoms with Crippen molar-refractivity contribution < 1.29 is 14.3 Å². The number of guanidine groups is 1. The number of carbonyl (C=O) groups is 2. The van der Waals surface area contributed by atoms with Crippen molar-refractivity contribution in [1.82, 2.24) is 15.1 Å². The highest BCUT2D eigenvalue weighted by Crippen LogP contribution is 2.32. The van der Waals surface area contributed by atoms with Gasteiger partial charge < -0.3 is 14.5 Å². The number of nitrogens with zero attached hydrogens (tertiary/aromatic N) is 3. The molecule has 1 fully saturated rings. The third-order valence-corrected chi connectivity index (χ3v) is 5.18. The molecule has 0 radical (unpaired) electrons. The van der Waals surface area contributed by atoms with Gasteiger partial charge in [0.15, 0.2) is 5.92 Å². The number of carbonyl (C=O) groups excluding carboxylic acids is 2. The van der Waals surface area contributed by atoms with Crippen molar-refractivity contribution in [3.05, 3.63) is 34.9 Å². The lowest BCUT2D eigenvalue weighted by atomic mass is 9.91. The monoisotopic (exact) mass is 392 g/mol. The molecule has 0 bridgehead atoms. The summed E-state index contributed by atoms with van der Waals surface area (Å²) in [6, 6.07) is 6.46. The summed E-state index contributed by atoms with van der Waals surface area (Å²) in [6.45, 7) is 8.44. The van der Waals surface area contributed by atoms with Crippen molar-refractivity contribution in [2.75, 3.05) is 39.3 Å². The summed E-state index contributed by atoms with van der Waals surface area (Å²) in [5, 5.41) is 3.34. The van der Waals surface area contributed by atoms with E-state index in [1.165, 1.54) is 0 Å². The second kappa shape index (κ2) is 8.71. The van der Waals surface area contributed by atoms with Crippen LogP contribution in [0.5, 0.6) is 0 Å². The molecule has 1 aromatic rings. The maximum Gasteiger partial charge on any atom is 0.321 e. The molecule has 0 saturated carbocycles. The fourth-order valence-electron chi connectivity index (χ4n) is 3.43. The minimum atomic E-state index is -1.02. The van der Waals surface area contributed by atoms with Crippen LogP contribution >= 0.6 is 11.6 Å². The van der Waals surface area contributed by atoms with Gasteiger partial charge in [-0.1, -0.05) is 30.7 Å². The highest BCUT2D eigenvalue weighted by atomic mass is 35.5. The number of piperazine rings is 1. The topological polar surface area (TPSA) is 74.2 Å². The van der Waals surface area contributed by atoms with Crippen molar-refractivity contribution in [2.24, 2.45) is 10.9 Å². The Hall–Kier alpha value is -2.12. The van der Waals surface area contributed by atoms with Gasteiger partial charge in [-0.05, 0) is 31.2 Å². The van der Waals surface area contributed by atoms with Crippen LogP contribution in [-0.4, -0.2) is 67.0 Å². The Morgan fingerprint density at radius 2 is 2.04 bits per heavy atom. The highest BCUT2D eigenvalue weighted by molar-refractivity contribution is 6.30. The number of halogens is 1. The van der Waals surface area contributed by atoms with Crippen molar-refractivity contribution in [1.29, 1.82) is 0 Å². The van der Waals surface area contributed by atoms with E-state index < -0.39 is 17.9 Å². The number of rotatable bonds is 4. The first-order chi connectivity index (χ1) is 13.0. The number of nitrogens with one attached hydrogen (secondary N) is 1. The van der Waals surface area contributed by atoms with E-state index in [9.17, 15) is 9.59 Å². The largest absolute Gasteiger partial charge is 0.465 e. The van der Waals surface area contributed by atoms with Gasteiger partial charge in [0.25, 0.3) is 0 Å². The summed E-state index contributed by atoms with van der Waals surface area (Å²) in [5.41, 5.74) is 0.722. The number of esters is 1. The predicted molar refractivity (Wildman–Crippen MR) is 104 cm³/mol. The molecule has 8 heteroatoms. The van der Waals surface area contributed by atoms with Crippen molar-refractivity contribution in [2.45, 2.75) is 19.9 Å². The Morgan fingerprint density at radius 1 is 1.30 bits per heavy atom. The molecule has 2 aliphatic heterocycles. The maximum absolute atomic E-state index is 12.8. The van der Waals surface area contributed by atoms with Gasteiger partial charge in [-0.3, -0.25) is 14.9 Å². The zero-order chi connectivity index (χ0) is 19.4. The molecule has 2 atom stereocenters. The minimum Gasteiger partial charge on any atom is -0.465 e. The predicted octanol–water partition coefficient (Wildman–Crippen LogP) is 1.68. The molecule has 1 amide bonds.